The van der Waals surface area contributed by atoms with Crippen LogP contribution in [0.4, 0.5) is 4.79 Å². The second-order valence-corrected chi connectivity index (χ2v) is 41.5. The molecule has 75 heavy (non-hydrogen) atoms. The number of rotatable bonds is 22. The highest BCUT2D eigenvalue weighted by atomic mass is 35.6. The Morgan fingerprint density at radius 3 is 1.88 bits per heavy atom. The molecule has 0 aromatic heterocycles. The molecule has 2 aromatic rings. The van der Waals surface area contributed by atoms with Crippen LogP contribution in [0.3, 0.4) is 0 Å². The zero-order chi connectivity index (χ0) is 55.8. The number of nitrogens with one attached hydrogen (secondary N) is 1. The lowest BCUT2D eigenvalue weighted by molar-refractivity contribution is -0.385. The minimum absolute atomic E-state index is 0.0804. The Labute approximate surface area is 465 Å². The summed E-state index contributed by atoms with van der Waals surface area (Å²) in [5, 5.41) is 15.2. The highest BCUT2D eigenvalue weighted by Crippen LogP contribution is 2.46. The van der Waals surface area contributed by atoms with E-state index >= 15 is 0 Å². The number of aliphatic hydroxyl groups is 1. The minimum Gasteiger partial charge on any atom is -0.461 e. The summed E-state index contributed by atoms with van der Waals surface area (Å²) in [6.07, 6.45) is -8.70. The molecule has 21 heteroatoms. The van der Waals surface area contributed by atoms with Gasteiger partial charge >= 0.3 is 12.1 Å². The molecule has 0 bridgehead atoms. The average Bonchev–Trinajstić information content (AvgIpc) is 3.31. The fourth-order valence-electron chi connectivity index (χ4n) is 8.06. The Morgan fingerprint density at radius 2 is 1.29 bits per heavy atom. The first-order valence-corrected chi connectivity index (χ1v) is 36.3. The quantitative estimate of drug-likeness (QED) is 0.0494. The average molecular weight is 1170 g/mol. The van der Waals surface area contributed by atoms with Crippen LogP contribution in [0.1, 0.15) is 105 Å². The molecular weight excluding hydrogens is 1080 g/mol. The Kier molecular flexibility index (Phi) is 22.8. The second kappa shape index (κ2) is 26.7. The number of fused-ring (bicyclic) bond motifs is 1. The van der Waals surface area contributed by atoms with Gasteiger partial charge in [-0.1, -0.05) is 158 Å². The number of amides is 1. The van der Waals surface area contributed by atoms with Gasteiger partial charge in [0.2, 0.25) is 3.79 Å². The smallest absolute Gasteiger partial charge is 0.407 e. The summed E-state index contributed by atoms with van der Waals surface area (Å²) in [5.41, 5.74) is 1.65. The summed E-state index contributed by atoms with van der Waals surface area (Å²) < 4.78 is 71.3. The number of ether oxygens (including phenoxy) is 8. The van der Waals surface area contributed by atoms with Crippen LogP contribution in [-0.4, -0.2) is 134 Å². The summed E-state index contributed by atoms with van der Waals surface area (Å²) >= 11 is 18.2. The Bertz CT molecular complexity index is 2090. The van der Waals surface area contributed by atoms with Crippen molar-refractivity contribution in [2.45, 2.75) is 214 Å². The van der Waals surface area contributed by atoms with Gasteiger partial charge in [0.05, 0.1) is 25.7 Å². The predicted octanol–water partition coefficient (Wildman–Crippen LogP) is 12.1. The highest BCUT2D eigenvalue weighted by Gasteiger charge is 2.58. The van der Waals surface area contributed by atoms with E-state index in [-0.39, 0.29) is 48.0 Å². The molecule has 15 nitrogen and oxygen atoms in total. The summed E-state index contributed by atoms with van der Waals surface area (Å²) in [6.45, 7) is 33.1. The maximum absolute atomic E-state index is 14.0. The van der Waals surface area contributed by atoms with Gasteiger partial charge in [0, 0.05) is 24.6 Å². The largest absolute Gasteiger partial charge is 0.461 e. The van der Waals surface area contributed by atoms with Crippen LogP contribution in [-0.2, 0) is 62.6 Å². The fourth-order valence-corrected chi connectivity index (χ4v) is 11.9. The molecule has 3 fully saturated rings. The van der Waals surface area contributed by atoms with Gasteiger partial charge in [-0.25, -0.2) is 4.79 Å². The number of benzene rings is 2. The molecule has 0 aliphatic carbocycles. The number of unbranched alkanes of at least 4 members (excludes halogenated alkanes) is 2. The number of esters is 1. The van der Waals surface area contributed by atoms with E-state index in [9.17, 15) is 14.7 Å². The third kappa shape index (κ3) is 18.4. The molecule has 11 atom stereocenters. The van der Waals surface area contributed by atoms with Gasteiger partial charge in [-0.05, 0) is 79.2 Å². The van der Waals surface area contributed by atoms with Gasteiger partial charge in [0.15, 0.2) is 43.8 Å². The summed E-state index contributed by atoms with van der Waals surface area (Å²) in [4.78, 5) is 26.4. The first kappa shape index (κ1) is 64.1. The molecule has 1 amide bonds. The number of halogens is 3. The number of hydrogen-bond acceptors (Lipinski definition) is 14. The Balaban J connectivity index is 1.50. The van der Waals surface area contributed by atoms with Crippen molar-refractivity contribution >= 4 is 71.8 Å². The molecule has 3 aliphatic heterocycles. The predicted molar refractivity (Wildman–Crippen MR) is 299 cm³/mol. The summed E-state index contributed by atoms with van der Waals surface area (Å²) in [6, 6.07) is 19.0. The van der Waals surface area contributed by atoms with E-state index in [0.29, 0.717) is 25.8 Å². The first-order chi connectivity index (χ1) is 34.7. The van der Waals surface area contributed by atoms with Crippen molar-refractivity contribution in [1.29, 1.82) is 0 Å². The minimum atomic E-state index is -2.66. The number of hydrogen-bond donors (Lipinski definition) is 2. The molecule has 3 saturated heterocycles. The van der Waals surface area contributed by atoms with E-state index in [0.717, 1.165) is 11.1 Å². The van der Waals surface area contributed by atoms with Gasteiger partial charge < -0.3 is 61.6 Å². The van der Waals surface area contributed by atoms with E-state index in [1.165, 1.54) is 0 Å². The molecular formula is C54H88Cl3NO14Si3. The molecule has 426 valence electrons. The normalized spacial score (nSPS) is 27.3. The van der Waals surface area contributed by atoms with Gasteiger partial charge in [-0.15, -0.1) is 0 Å². The van der Waals surface area contributed by atoms with Crippen molar-refractivity contribution in [3.63, 3.8) is 0 Å². The van der Waals surface area contributed by atoms with Gasteiger partial charge in [-0.2, -0.15) is 0 Å². The van der Waals surface area contributed by atoms with Crippen molar-refractivity contribution in [3.8, 4) is 0 Å². The molecule has 0 unspecified atom stereocenters. The van der Waals surface area contributed by atoms with E-state index in [1.807, 2.05) is 60.7 Å². The molecule has 0 saturated carbocycles. The maximum atomic E-state index is 14.0. The van der Waals surface area contributed by atoms with Crippen molar-refractivity contribution < 1.29 is 65.9 Å². The van der Waals surface area contributed by atoms with Crippen molar-refractivity contribution in [1.82, 2.24) is 5.32 Å². The van der Waals surface area contributed by atoms with Crippen molar-refractivity contribution in [3.05, 3.63) is 71.8 Å². The number of aliphatic hydroxyl groups excluding tert-OH is 1. The highest BCUT2D eigenvalue weighted by molar-refractivity contribution is 6.75. The molecule has 3 aliphatic rings. The van der Waals surface area contributed by atoms with Crippen LogP contribution in [0.15, 0.2) is 60.7 Å². The zero-order valence-corrected chi connectivity index (χ0v) is 52.4. The van der Waals surface area contributed by atoms with Gasteiger partial charge in [0.1, 0.15) is 49.8 Å². The van der Waals surface area contributed by atoms with Crippen LogP contribution in [0, 0.1) is 5.92 Å². The monoisotopic (exact) mass is 1160 g/mol. The number of alkyl halides is 3. The first-order valence-electron chi connectivity index (χ1n) is 26.4. The van der Waals surface area contributed by atoms with Crippen LogP contribution in [0.25, 0.3) is 0 Å². The summed E-state index contributed by atoms with van der Waals surface area (Å²) in [5.74, 6) is -1.64. The lowest BCUT2D eigenvalue weighted by Gasteiger charge is -2.54. The molecule has 0 radical (unpaired) electrons. The SMILES string of the molecule is CC(C)(C)[Si](C)(C)OC[C@H]1O[C@H](O[C@@H]2[C@@H](CC(=O)OCC(Cl)(Cl)Cl)[C@H](OCCCCCNC(=O)OCc3ccccc3)O[C@@H]3CO[C@@H](c4ccccc4)O[C@@H]23)[C@H](O)[C@@H](O[Si](C)(C)C(C)(C)C)[C@H]1O[Si](C)(C)C(C)(C)C. The maximum Gasteiger partial charge on any atom is 0.407 e. The second-order valence-electron chi connectivity index (χ2n) is 24.7. The number of carbonyl (C=O) groups excluding carboxylic acids is 2. The molecule has 3 heterocycles. The van der Waals surface area contributed by atoms with E-state index in [4.69, 9.17) is 86.0 Å². The molecule has 2 N–H and O–H groups in total. The standard InChI is InChI=1S/C54H88Cl3NO14Si3/c1-51(2,3)73(10,11)66-34-40-45(71-74(12,13)52(4,5)6)46(72-75(14,15)53(7,8)9)42(60)49(68-40)69-43-38(31-41(59)65-35-54(55,56)57)48(67-39-33-63-47(70-44(39)43)37-27-21-17-22-28-37)62-30-24-18-23-29-58-50(61)64-32-36-25-19-16-20-26-36/h16-17,19-22,25-28,38-40,42-49,60H,18,23-24,29-35H2,1-15H3,(H,58,61)/t38-,39-,40-,42-,43-,44-,45+,46-,47-,48-,49-/m1/s1. The fraction of sp³-hybridized carbons (Fsp3) is 0.741. The van der Waals surface area contributed by atoms with E-state index in [2.05, 4.69) is 107 Å². The van der Waals surface area contributed by atoms with Gasteiger partial charge in [-0.3, -0.25) is 4.79 Å². The lowest BCUT2D eigenvalue weighted by atomic mass is 9.87. The Morgan fingerprint density at radius 1 is 0.707 bits per heavy atom. The van der Waals surface area contributed by atoms with E-state index < -0.39 is 115 Å². The molecule has 2 aromatic carbocycles. The topological polar surface area (TPSA) is 168 Å². The zero-order valence-electron chi connectivity index (χ0n) is 47.1. The summed E-state index contributed by atoms with van der Waals surface area (Å²) in [7, 11) is -7.64. The third-order valence-electron chi connectivity index (χ3n) is 15.7. The van der Waals surface area contributed by atoms with Crippen LogP contribution < -0.4 is 5.32 Å². The van der Waals surface area contributed by atoms with Crippen molar-refractivity contribution in [2.75, 3.05) is 33.0 Å². The van der Waals surface area contributed by atoms with Crippen LogP contribution in [0.5, 0.6) is 0 Å². The third-order valence-corrected chi connectivity index (χ3v) is 29.5. The Hall–Kier alpha value is -1.70. The van der Waals surface area contributed by atoms with Crippen LogP contribution >= 0.6 is 34.8 Å². The number of alkyl carbamates (subject to hydrolysis) is 1. The lowest BCUT2D eigenvalue weighted by Crippen LogP contribution is -2.68. The number of carbonyl (C=O) groups is 2. The van der Waals surface area contributed by atoms with Crippen molar-refractivity contribution in [2.24, 2.45) is 5.92 Å². The molecule has 5 rings (SSSR count). The molecule has 0 spiro atoms. The van der Waals surface area contributed by atoms with Crippen LogP contribution in [0.2, 0.25) is 54.4 Å². The van der Waals surface area contributed by atoms with E-state index in [1.54, 1.807) is 0 Å². The van der Waals surface area contributed by atoms with Gasteiger partial charge in [0.25, 0.3) is 0 Å².